The molecule has 5 nitrogen and oxygen atoms in total. The number of anilines is 1. The van der Waals surface area contributed by atoms with E-state index in [1.54, 1.807) is 4.57 Å². The molecule has 2 N–H and O–H groups in total. The predicted molar refractivity (Wildman–Crippen MR) is 86.4 cm³/mol. The lowest BCUT2D eigenvalue weighted by atomic mass is 10.1. The Hall–Kier alpha value is -1.49. The maximum Gasteiger partial charge on any atom is 0.330 e. The number of imidazole rings is 1. The Balaban J connectivity index is 0.000000956. The monoisotopic (exact) mass is 280 g/mol. The highest BCUT2D eigenvalue weighted by Crippen LogP contribution is 2.24. The summed E-state index contributed by atoms with van der Waals surface area (Å²) in [5.74, 6) is 0.886. The molecule has 1 aromatic heterocycles. The van der Waals surface area contributed by atoms with Gasteiger partial charge in [0.25, 0.3) is 0 Å². The van der Waals surface area contributed by atoms with Crippen molar-refractivity contribution in [1.82, 2.24) is 14.5 Å². The van der Waals surface area contributed by atoms with Gasteiger partial charge in [0, 0.05) is 20.1 Å². The van der Waals surface area contributed by atoms with Crippen LogP contribution in [0.4, 0.5) is 5.82 Å². The van der Waals surface area contributed by atoms with Crippen molar-refractivity contribution in [3.63, 3.8) is 0 Å². The van der Waals surface area contributed by atoms with E-state index in [1.165, 1.54) is 0 Å². The Labute approximate surface area is 121 Å². The van der Waals surface area contributed by atoms with Crippen LogP contribution in [0.2, 0.25) is 0 Å². The van der Waals surface area contributed by atoms with Gasteiger partial charge in [-0.05, 0) is 38.9 Å². The number of piperidine rings is 1. The largest absolute Gasteiger partial charge is 0.373 e. The lowest BCUT2D eigenvalue weighted by Gasteiger charge is -2.24. The van der Waals surface area contributed by atoms with Gasteiger partial charge in [-0.3, -0.25) is 9.13 Å². The Kier molecular flexibility index (Phi) is 6.58. The molecule has 1 aromatic rings. The van der Waals surface area contributed by atoms with Crippen molar-refractivity contribution in [2.75, 3.05) is 25.5 Å². The minimum Gasteiger partial charge on any atom is -0.373 e. The summed E-state index contributed by atoms with van der Waals surface area (Å²) in [6.07, 6.45) is 6.01. The normalized spacial score (nSPS) is 16.1. The SMILES string of the molecule is C/C=C\c1c(NC)n(C)c(=O)n1C1CCNCC1.CC. The fourth-order valence-corrected chi connectivity index (χ4v) is 2.68. The molecule has 0 amide bonds. The molecule has 114 valence electrons. The molecule has 5 heteroatoms. The molecule has 0 aromatic carbocycles. The van der Waals surface area contributed by atoms with Crippen molar-refractivity contribution in [1.29, 1.82) is 0 Å². The van der Waals surface area contributed by atoms with E-state index in [4.69, 9.17) is 0 Å². The van der Waals surface area contributed by atoms with Crippen LogP contribution in [0.1, 0.15) is 45.3 Å². The minimum absolute atomic E-state index is 0.0688. The third-order valence-electron chi connectivity index (χ3n) is 3.57. The molecule has 20 heavy (non-hydrogen) atoms. The first-order valence-electron chi connectivity index (χ1n) is 7.53. The third kappa shape index (κ3) is 3.15. The summed E-state index contributed by atoms with van der Waals surface area (Å²) in [4.78, 5) is 12.4. The summed E-state index contributed by atoms with van der Waals surface area (Å²) in [5, 5.41) is 6.46. The van der Waals surface area contributed by atoms with E-state index in [2.05, 4.69) is 10.6 Å². The van der Waals surface area contributed by atoms with Crippen LogP contribution in [-0.2, 0) is 7.05 Å². The fraction of sp³-hybridized carbons (Fsp3) is 0.667. The highest BCUT2D eigenvalue weighted by Gasteiger charge is 2.23. The van der Waals surface area contributed by atoms with Gasteiger partial charge in [-0.15, -0.1) is 0 Å². The van der Waals surface area contributed by atoms with Gasteiger partial charge in [0.05, 0.1) is 5.69 Å². The van der Waals surface area contributed by atoms with Gasteiger partial charge >= 0.3 is 5.69 Å². The number of nitrogens with zero attached hydrogens (tertiary/aromatic N) is 2. The molecule has 1 saturated heterocycles. The third-order valence-corrected chi connectivity index (χ3v) is 3.57. The number of nitrogens with one attached hydrogen (secondary N) is 2. The topological polar surface area (TPSA) is 51.0 Å². The van der Waals surface area contributed by atoms with Gasteiger partial charge in [0.15, 0.2) is 0 Å². The first-order valence-corrected chi connectivity index (χ1v) is 7.53. The van der Waals surface area contributed by atoms with Crippen molar-refractivity contribution in [2.24, 2.45) is 7.05 Å². The highest BCUT2D eigenvalue weighted by atomic mass is 16.1. The van der Waals surface area contributed by atoms with Gasteiger partial charge in [-0.2, -0.15) is 0 Å². The van der Waals surface area contributed by atoms with Crippen molar-refractivity contribution in [2.45, 2.75) is 39.7 Å². The number of hydrogen-bond acceptors (Lipinski definition) is 3. The molecule has 0 spiro atoms. The standard InChI is InChI=1S/C13H22N4O.C2H6/c1-4-5-11-12(14-2)16(3)13(18)17(11)10-6-8-15-9-7-10;1-2/h4-5,10,14-15H,6-9H2,1-3H3;1-2H3/b5-4-;. The summed E-state index contributed by atoms with van der Waals surface area (Å²) in [7, 11) is 3.67. The second kappa shape index (κ2) is 7.94. The Morgan fingerprint density at radius 3 is 2.40 bits per heavy atom. The maximum absolute atomic E-state index is 12.4. The van der Waals surface area contributed by atoms with Crippen molar-refractivity contribution in [3.05, 3.63) is 22.3 Å². The molecule has 1 fully saturated rings. The second-order valence-corrected chi connectivity index (χ2v) is 4.68. The van der Waals surface area contributed by atoms with Crippen molar-refractivity contribution >= 4 is 11.9 Å². The molecule has 0 aliphatic carbocycles. The van der Waals surface area contributed by atoms with E-state index in [-0.39, 0.29) is 5.69 Å². The van der Waals surface area contributed by atoms with Gasteiger partial charge < -0.3 is 10.6 Å². The Morgan fingerprint density at radius 2 is 1.90 bits per heavy atom. The zero-order chi connectivity index (χ0) is 15.1. The van der Waals surface area contributed by atoms with Crippen LogP contribution >= 0.6 is 0 Å². The van der Waals surface area contributed by atoms with Gasteiger partial charge in [0.1, 0.15) is 5.82 Å². The Morgan fingerprint density at radius 1 is 1.30 bits per heavy atom. The summed E-state index contributed by atoms with van der Waals surface area (Å²) in [6.45, 7) is 7.94. The molecule has 0 saturated carbocycles. The van der Waals surface area contributed by atoms with Crippen LogP contribution in [0.5, 0.6) is 0 Å². The first-order chi connectivity index (χ1) is 9.70. The number of rotatable bonds is 3. The molecular formula is C15H28N4O. The summed E-state index contributed by atoms with van der Waals surface area (Å²) >= 11 is 0. The number of allylic oxidation sites excluding steroid dienone is 1. The molecule has 1 aliphatic heterocycles. The van der Waals surface area contributed by atoms with E-state index in [0.29, 0.717) is 6.04 Å². The molecule has 1 aliphatic rings. The highest BCUT2D eigenvalue weighted by molar-refractivity contribution is 5.60. The van der Waals surface area contributed by atoms with Crippen LogP contribution in [-0.4, -0.2) is 29.3 Å². The average Bonchev–Trinajstić information content (AvgIpc) is 2.74. The molecule has 0 radical (unpaired) electrons. The lowest BCUT2D eigenvalue weighted by molar-refractivity contribution is 0.358. The average molecular weight is 280 g/mol. The van der Waals surface area contributed by atoms with Crippen LogP contribution in [0.25, 0.3) is 6.08 Å². The predicted octanol–water partition coefficient (Wildman–Crippen LogP) is 2.21. The zero-order valence-electron chi connectivity index (χ0n) is 13.4. The summed E-state index contributed by atoms with van der Waals surface area (Å²) in [6, 6.07) is 0.304. The van der Waals surface area contributed by atoms with Crippen LogP contribution in [0, 0.1) is 0 Å². The fourth-order valence-electron chi connectivity index (χ4n) is 2.68. The smallest absolute Gasteiger partial charge is 0.330 e. The quantitative estimate of drug-likeness (QED) is 0.892. The second-order valence-electron chi connectivity index (χ2n) is 4.68. The number of aromatic nitrogens is 2. The Bertz CT molecular complexity index is 493. The van der Waals surface area contributed by atoms with Crippen molar-refractivity contribution in [3.8, 4) is 0 Å². The molecule has 0 unspecified atom stereocenters. The van der Waals surface area contributed by atoms with Crippen LogP contribution < -0.4 is 16.3 Å². The van der Waals surface area contributed by atoms with Crippen LogP contribution in [0.3, 0.4) is 0 Å². The maximum atomic E-state index is 12.4. The number of hydrogen-bond donors (Lipinski definition) is 2. The summed E-state index contributed by atoms with van der Waals surface area (Å²) < 4.78 is 3.63. The van der Waals surface area contributed by atoms with Crippen molar-refractivity contribution < 1.29 is 0 Å². The van der Waals surface area contributed by atoms with Crippen LogP contribution in [0.15, 0.2) is 10.9 Å². The minimum atomic E-state index is 0.0688. The summed E-state index contributed by atoms with van der Waals surface area (Å²) in [5.41, 5.74) is 1.05. The van der Waals surface area contributed by atoms with Gasteiger partial charge in [-0.1, -0.05) is 19.9 Å². The molecule has 2 heterocycles. The molecular weight excluding hydrogens is 252 g/mol. The van der Waals surface area contributed by atoms with E-state index in [9.17, 15) is 4.79 Å². The lowest BCUT2D eigenvalue weighted by Crippen LogP contribution is -2.35. The van der Waals surface area contributed by atoms with E-state index in [0.717, 1.165) is 37.4 Å². The first kappa shape index (κ1) is 16.6. The van der Waals surface area contributed by atoms with Gasteiger partial charge in [-0.25, -0.2) is 4.79 Å². The van der Waals surface area contributed by atoms with E-state index >= 15 is 0 Å². The van der Waals surface area contributed by atoms with Gasteiger partial charge in [0.2, 0.25) is 0 Å². The molecule has 0 bridgehead atoms. The molecule has 0 atom stereocenters. The van der Waals surface area contributed by atoms with E-state index < -0.39 is 0 Å². The zero-order valence-corrected chi connectivity index (χ0v) is 13.4. The van der Waals surface area contributed by atoms with E-state index in [1.807, 2.05) is 51.6 Å². The molecule has 2 rings (SSSR count).